The average molecular weight is 249 g/mol. The molecule has 0 saturated heterocycles. The summed E-state index contributed by atoms with van der Waals surface area (Å²) in [5.74, 6) is 1.38. The van der Waals surface area contributed by atoms with E-state index in [1.807, 2.05) is 12.1 Å². The number of ketones is 1. The predicted molar refractivity (Wildman–Crippen MR) is 70.2 cm³/mol. The number of hydrogen-bond acceptors (Lipinski definition) is 4. The summed E-state index contributed by atoms with van der Waals surface area (Å²) in [5, 5.41) is -0.0134. The fourth-order valence-corrected chi connectivity index (χ4v) is 4.31. The summed E-state index contributed by atoms with van der Waals surface area (Å²) in [6, 6.07) is 8.13. The molecule has 3 rings (SSSR count). The third kappa shape index (κ3) is 1.80. The minimum absolute atomic E-state index is 0.0134. The maximum absolute atomic E-state index is 11.9. The minimum atomic E-state index is -0.0134. The van der Waals surface area contributed by atoms with Crippen molar-refractivity contribution in [2.24, 2.45) is 4.99 Å². The maximum Gasteiger partial charge on any atom is 0.155 e. The van der Waals surface area contributed by atoms with Crippen LogP contribution in [0.2, 0.25) is 0 Å². The van der Waals surface area contributed by atoms with Gasteiger partial charge in [0, 0.05) is 12.2 Å². The van der Waals surface area contributed by atoms with Gasteiger partial charge >= 0.3 is 0 Å². The fraction of sp³-hybridized carbons (Fsp3) is 0.333. The lowest BCUT2D eigenvalue weighted by molar-refractivity contribution is -0.117. The molecule has 0 aromatic heterocycles. The predicted octanol–water partition coefficient (Wildman–Crippen LogP) is 2.69. The summed E-state index contributed by atoms with van der Waals surface area (Å²) in [6.07, 6.45) is 0.589. The van der Waals surface area contributed by atoms with E-state index in [2.05, 4.69) is 17.1 Å². The molecule has 0 saturated carbocycles. The average Bonchev–Trinajstić information content (AvgIpc) is 2.89. The lowest BCUT2D eigenvalue weighted by Gasteiger charge is -2.08. The zero-order valence-corrected chi connectivity index (χ0v) is 10.3. The van der Waals surface area contributed by atoms with Crippen LogP contribution in [0.3, 0.4) is 0 Å². The zero-order chi connectivity index (χ0) is 11.0. The number of aliphatic imine (C=N–C) groups is 1. The zero-order valence-electron chi connectivity index (χ0n) is 8.68. The second-order valence-corrected chi connectivity index (χ2v) is 6.27. The Hall–Kier alpha value is -0.740. The summed E-state index contributed by atoms with van der Waals surface area (Å²) in [7, 11) is 0. The smallest absolute Gasteiger partial charge is 0.155 e. The summed E-state index contributed by atoms with van der Waals surface area (Å²) in [5.41, 5.74) is 2.38. The molecule has 1 aliphatic carbocycles. The first-order valence-corrected chi connectivity index (χ1v) is 7.15. The van der Waals surface area contributed by atoms with Gasteiger partial charge in [0.1, 0.15) is 4.38 Å². The number of thioether (sulfide) groups is 2. The van der Waals surface area contributed by atoms with Crippen LogP contribution in [-0.4, -0.2) is 22.5 Å². The topological polar surface area (TPSA) is 29.4 Å². The van der Waals surface area contributed by atoms with Crippen LogP contribution in [0, 0.1) is 0 Å². The van der Waals surface area contributed by atoms with Crippen LogP contribution >= 0.6 is 23.5 Å². The van der Waals surface area contributed by atoms with Crippen molar-refractivity contribution in [2.45, 2.75) is 11.7 Å². The van der Waals surface area contributed by atoms with Crippen molar-refractivity contribution in [3.8, 4) is 0 Å². The van der Waals surface area contributed by atoms with E-state index in [0.717, 1.165) is 16.7 Å². The fourth-order valence-electron chi connectivity index (χ4n) is 2.02. The molecular formula is C12H11NOS2. The highest BCUT2D eigenvalue weighted by atomic mass is 32.2. The van der Waals surface area contributed by atoms with Crippen LogP contribution < -0.4 is 0 Å². The Bertz CT molecular complexity index is 470. The first-order valence-electron chi connectivity index (χ1n) is 5.29. The van der Waals surface area contributed by atoms with Gasteiger partial charge in [-0.15, -0.1) is 0 Å². The summed E-state index contributed by atoms with van der Waals surface area (Å²) >= 11 is 3.40. The van der Waals surface area contributed by atoms with Gasteiger partial charge < -0.3 is 0 Å². The number of Topliss-reactive ketones (excluding diaryl/α,β-unsaturated/α-hetero) is 1. The Balaban J connectivity index is 1.87. The summed E-state index contributed by atoms with van der Waals surface area (Å²) < 4.78 is 1.08. The SMILES string of the molecule is O=C1Cc2ccccc2C1SC1=NCCS1. The first-order chi connectivity index (χ1) is 7.84. The normalized spacial score (nSPS) is 23.4. The van der Waals surface area contributed by atoms with Gasteiger partial charge in [0.2, 0.25) is 0 Å². The highest BCUT2D eigenvalue weighted by Gasteiger charge is 2.32. The molecule has 1 unspecified atom stereocenters. The number of benzene rings is 1. The maximum atomic E-state index is 11.9. The van der Waals surface area contributed by atoms with Crippen LogP contribution in [0.1, 0.15) is 16.4 Å². The van der Waals surface area contributed by atoms with Gasteiger partial charge in [-0.3, -0.25) is 9.79 Å². The van der Waals surface area contributed by atoms with Crippen molar-refractivity contribution in [2.75, 3.05) is 12.3 Å². The van der Waals surface area contributed by atoms with Crippen molar-refractivity contribution in [1.29, 1.82) is 0 Å². The van der Waals surface area contributed by atoms with Gasteiger partial charge in [-0.2, -0.15) is 0 Å². The van der Waals surface area contributed by atoms with E-state index in [0.29, 0.717) is 12.2 Å². The van der Waals surface area contributed by atoms with Crippen LogP contribution in [0.5, 0.6) is 0 Å². The number of carbonyl (C=O) groups excluding carboxylic acids is 1. The molecule has 0 spiro atoms. The first kappa shape index (κ1) is 10.4. The van der Waals surface area contributed by atoms with E-state index in [-0.39, 0.29) is 5.25 Å². The standard InChI is InChI=1S/C12H11NOS2/c14-10-7-8-3-1-2-4-9(8)11(10)16-12-13-5-6-15-12/h1-4,11H,5-7H2. The highest BCUT2D eigenvalue weighted by Crippen LogP contribution is 2.41. The number of rotatable bonds is 1. The van der Waals surface area contributed by atoms with Crippen molar-refractivity contribution < 1.29 is 4.79 Å². The quantitative estimate of drug-likeness (QED) is 0.766. The van der Waals surface area contributed by atoms with E-state index < -0.39 is 0 Å². The Morgan fingerprint density at radius 2 is 2.25 bits per heavy atom. The number of nitrogens with zero attached hydrogens (tertiary/aromatic N) is 1. The molecular weight excluding hydrogens is 238 g/mol. The van der Waals surface area contributed by atoms with Crippen molar-refractivity contribution >= 4 is 33.7 Å². The molecule has 1 aromatic carbocycles. The van der Waals surface area contributed by atoms with Gasteiger partial charge in [-0.1, -0.05) is 47.8 Å². The second kappa shape index (κ2) is 4.26. The molecule has 0 fully saturated rings. The number of carbonyl (C=O) groups is 1. The van der Waals surface area contributed by atoms with Gasteiger partial charge in [-0.25, -0.2) is 0 Å². The molecule has 2 nitrogen and oxygen atoms in total. The summed E-state index contributed by atoms with van der Waals surface area (Å²) in [4.78, 5) is 16.3. The molecule has 1 atom stereocenters. The molecule has 1 heterocycles. The summed E-state index contributed by atoms with van der Waals surface area (Å²) in [6.45, 7) is 0.898. The van der Waals surface area contributed by atoms with Crippen LogP contribution in [0.25, 0.3) is 0 Å². The molecule has 1 aromatic rings. The molecule has 0 radical (unpaired) electrons. The Morgan fingerprint density at radius 1 is 1.38 bits per heavy atom. The molecule has 4 heteroatoms. The lowest BCUT2D eigenvalue weighted by atomic mass is 10.1. The van der Waals surface area contributed by atoms with Crippen molar-refractivity contribution in [3.05, 3.63) is 35.4 Å². The molecule has 16 heavy (non-hydrogen) atoms. The van der Waals surface area contributed by atoms with E-state index in [9.17, 15) is 4.79 Å². The van der Waals surface area contributed by atoms with Crippen LogP contribution in [0.4, 0.5) is 0 Å². The molecule has 1 aliphatic heterocycles. The van der Waals surface area contributed by atoms with Crippen LogP contribution in [-0.2, 0) is 11.2 Å². The van der Waals surface area contributed by atoms with Gasteiger partial charge in [0.05, 0.1) is 11.8 Å². The molecule has 2 aliphatic rings. The van der Waals surface area contributed by atoms with Gasteiger partial charge in [0.25, 0.3) is 0 Å². The monoisotopic (exact) mass is 249 g/mol. The van der Waals surface area contributed by atoms with Crippen molar-refractivity contribution in [3.63, 3.8) is 0 Å². The molecule has 82 valence electrons. The van der Waals surface area contributed by atoms with E-state index >= 15 is 0 Å². The van der Waals surface area contributed by atoms with Crippen molar-refractivity contribution in [1.82, 2.24) is 0 Å². The number of hydrogen-bond donors (Lipinski definition) is 0. The molecule has 0 N–H and O–H groups in total. The third-order valence-electron chi connectivity index (χ3n) is 2.77. The molecule has 0 amide bonds. The largest absolute Gasteiger partial charge is 0.298 e. The number of fused-ring (bicyclic) bond motifs is 1. The van der Waals surface area contributed by atoms with E-state index in [1.165, 1.54) is 11.1 Å². The van der Waals surface area contributed by atoms with Crippen LogP contribution in [0.15, 0.2) is 29.3 Å². The molecule has 0 bridgehead atoms. The third-order valence-corrected chi connectivity index (χ3v) is 5.26. The van der Waals surface area contributed by atoms with Gasteiger partial charge in [-0.05, 0) is 11.1 Å². The van der Waals surface area contributed by atoms with E-state index in [1.54, 1.807) is 23.5 Å². The Morgan fingerprint density at radius 3 is 3.06 bits per heavy atom. The highest BCUT2D eigenvalue weighted by molar-refractivity contribution is 8.39. The van der Waals surface area contributed by atoms with Gasteiger partial charge in [0.15, 0.2) is 5.78 Å². The lowest BCUT2D eigenvalue weighted by Crippen LogP contribution is -2.03. The minimum Gasteiger partial charge on any atom is -0.298 e. The Labute approximate surface area is 103 Å². The second-order valence-electron chi connectivity index (χ2n) is 3.84. The van der Waals surface area contributed by atoms with E-state index in [4.69, 9.17) is 0 Å². The Kier molecular flexibility index (Phi) is 2.77.